The van der Waals surface area contributed by atoms with Gasteiger partial charge in [-0.25, -0.2) is 0 Å². The standard InChI is InChI=1S/C15H20N6O2.C14H18N6O2.2C13H16N6O2.C12H14N6O2/c1-20(2)14-17-13(18-15(19-14)21(3)4)16-8-10-5-6-11-12(7-10)23-9-22-11;1-15-12-17-13(19-14(18-12)20(2)3)16-7-9-4-5-10-11(6-9)22-8-21-10;1-19(2)13-17-11(14)16-12(18-13)15-6-8-3-4-9-10(5-8)21-7-20-9;1-19(13-17-11(14)16-12(15)18-13)5-4-8-2-3-9-10(6-8)21-7-20-9;13-10-16-11(14)18-12(17-10)15-4-3-7-1-2-8-9(5-7)20-6-19-8/h5-7H,8-9H2,1-4H3,(H,16,17,18,19);4-6H,7-8H2,1-3H3,(H2,15,16,17,18,19);3-5H,6-7H2,1-2H3,(H3,14,15,16,17,18);2-3,6H,4-5,7H2,1H3,(H4,14,15,16,17,18);1-2,5H,3-4,6H2,(H5,13,14,15,16,17,18). The normalized spacial score (nSPS) is 12.3. The van der Waals surface area contributed by atoms with E-state index >= 15 is 0 Å². The van der Waals surface area contributed by atoms with Gasteiger partial charge in [-0.3, -0.25) is 0 Å². The molecule has 5 aliphatic heterocycles. The second-order valence-electron chi connectivity index (χ2n) is 24.3. The van der Waals surface area contributed by atoms with Crippen molar-refractivity contribution in [1.29, 1.82) is 0 Å². The number of likely N-dealkylation sites (N-methyl/N-ethyl adjacent to an activating group) is 1. The molecule has 0 amide bonds. The average molecular weight is 1470 g/mol. The summed E-state index contributed by atoms with van der Waals surface area (Å²) in [6, 6.07) is 29.2. The van der Waals surface area contributed by atoms with E-state index in [2.05, 4.69) is 101 Å². The number of fused-ring (bicyclic) bond motifs is 5. The molecule has 10 aromatic rings. The van der Waals surface area contributed by atoms with Crippen LogP contribution >= 0.6 is 0 Å². The van der Waals surface area contributed by atoms with E-state index in [9.17, 15) is 0 Å². The van der Waals surface area contributed by atoms with Crippen molar-refractivity contribution < 1.29 is 47.4 Å². The Morgan fingerprint density at radius 3 is 0.953 bits per heavy atom. The number of nitrogen functional groups attached to an aromatic ring is 5. The van der Waals surface area contributed by atoms with Crippen LogP contribution in [0.25, 0.3) is 0 Å². The van der Waals surface area contributed by atoms with Crippen LogP contribution in [0.15, 0.2) is 91.0 Å². The second kappa shape index (κ2) is 34.9. The Kier molecular flexibility index (Phi) is 24.2. The van der Waals surface area contributed by atoms with Crippen molar-refractivity contribution in [3.8, 4) is 57.5 Å². The third-order valence-electron chi connectivity index (χ3n) is 15.3. The summed E-state index contributed by atoms with van der Waals surface area (Å²) in [7, 11) is 18.7. The summed E-state index contributed by atoms with van der Waals surface area (Å²) >= 11 is 0. The summed E-state index contributed by atoms with van der Waals surface area (Å²) < 4.78 is 53.2. The van der Waals surface area contributed by atoms with E-state index in [4.69, 9.17) is 76.0 Å². The minimum atomic E-state index is 0.100. The van der Waals surface area contributed by atoms with Crippen LogP contribution in [0.4, 0.5) is 89.2 Å². The van der Waals surface area contributed by atoms with E-state index < -0.39 is 0 Å². The minimum Gasteiger partial charge on any atom is -0.454 e. The summed E-state index contributed by atoms with van der Waals surface area (Å²) in [6.07, 6.45) is 1.58. The predicted octanol–water partition coefficient (Wildman–Crippen LogP) is 4.39. The first-order chi connectivity index (χ1) is 51.6. The molecule has 0 radical (unpaired) electrons. The maximum absolute atomic E-state index is 5.67. The number of rotatable bonds is 22. The van der Waals surface area contributed by atoms with Gasteiger partial charge in [-0.15, -0.1) is 0 Å². The first-order valence-corrected chi connectivity index (χ1v) is 33.2. The predicted molar refractivity (Wildman–Crippen MR) is 402 cm³/mol. The molecule has 0 unspecified atom stereocenters. The van der Waals surface area contributed by atoms with Gasteiger partial charge in [0.2, 0.25) is 123 Å². The van der Waals surface area contributed by atoms with Crippen LogP contribution in [0.3, 0.4) is 0 Å². The number of nitrogens with two attached hydrogens (primary N) is 5. The molecule has 107 heavy (non-hydrogen) atoms. The van der Waals surface area contributed by atoms with E-state index in [1.165, 1.54) is 0 Å². The third kappa shape index (κ3) is 20.9. The lowest BCUT2D eigenvalue weighted by atomic mass is 10.1. The first kappa shape index (κ1) is 74.3. The van der Waals surface area contributed by atoms with Gasteiger partial charge in [0, 0.05) is 103 Å². The molecule has 5 aromatic heterocycles. The lowest BCUT2D eigenvalue weighted by Gasteiger charge is -2.17. The minimum absolute atomic E-state index is 0.100. The van der Waals surface area contributed by atoms with Crippen molar-refractivity contribution in [2.75, 3.05) is 197 Å². The molecule has 562 valence electrons. The molecule has 15 rings (SSSR count). The maximum atomic E-state index is 5.67. The van der Waals surface area contributed by atoms with Gasteiger partial charge in [0.1, 0.15) is 0 Å². The lowest BCUT2D eigenvalue weighted by Crippen LogP contribution is -2.23. The van der Waals surface area contributed by atoms with Gasteiger partial charge in [0.05, 0.1) is 0 Å². The molecular formula is C67H84N30O10. The highest BCUT2D eigenvalue weighted by atomic mass is 16.7. The summed E-state index contributed by atoms with van der Waals surface area (Å²) in [5.74, 6) is 13.5. The van der Waals surface area contributed by atoms with Crippen LogP contribution in [0.1, 0.15) is 27.8 Å². The first-order valence-electron chi connectivity index (χ1n) is 33.2. The Hall–Kier alpha value is -13.9. The Labute approximate surface area is 615 Å². The lowest BCUT2D eigenvalue weighted by molar-refractivity contribution is 0.173. The molecule has 40 nitrogen and oxygen atoms in total. The smallest absolute Gasteiger partial charge is 0.231 e. The van der Waals surface area contributed by atoms with Gasteiger partial charge in [-0.2, -0.15) is 74.8 Å². The largest absolute Gasteiger partial charge is 0.454 e. The topological polar surface area (TPSA) is 492 Å². The van der Waals surface area contributed by atoms with Gasteiger partial charge in [-0.1, -0.05) is 30.3 Å². The van der Waals surface area contributed by atoms with Crippen molar-refractivity contribution in [2.45, 2.75) is 32.5 Å². The van der Waals surface area contributed by atoms with Crippen LogP contribution in [-0.2, 0) is 32.5 Å². The van der Waals surface area contributed by atoms with E-state index in [1.54, 1.807) is 11.9 Å². The van der Waals surface area contributed by atoms with Crippen molar-refractivity contribution in [3.05, 3.63) is 119 Å². The van der Waals surface area contributed by atoms with Gasteiger partial charge in [-0.05, 0) is 101 Å². The number of hydrogen-bond donors (Lipinski definition) is 10. The van der Waals surface area contributed by atoms with E-state index in [0.717, 1.165) is 98.2 Å². The average Bonchev–Trinajstić information content (AvgIpc) is 1.76. The van der Waals surface area contributed by atoms with Gasteiger partial charge >= 0.3 is 0 Å². The molecule has 0 saturated heterocycles. The monoisotopic (exact) mass is 1470 g/mol. The summed E-state index contributed by atoms with van der Waals surface area (Å²) in [5, 5.41) is 15.5. The zero-order valence-corrected chi connectivity index (χ0v) is 60.6. The van der Waals surface area contributed by atoms with Crippen LogP contribution < -0.4 is 127 Å². The molecule has 40 heteroatoms. The Balaban J connectivity index is 0.000000133. The molecule has 5 aromatic carbocycles. The number of benzene rings is 5. The van der Waals surface area contributed by atoms with E-state index in [0.29, 0.717) is 92.2 Å². The molecule has 0 spiro atoms. The summed E-state index contributed by atoms with van der Waals surface area (Å²) in [6.45, 7) is 4.44. The fraction of sp³-hybridized carbons (Fsp3) is 0.328. The second-order valence-corrected chi connectivity index (χ2v) is 24.3. The van der Waals surface area contributed by atoms with Gasteiger partial charge < -0.3 is 127 Å². The van der Waals surface area contributed by atoms with Crippen LogP contribution in [-0.4, -0.2) is 192 Å². The number of anilines is 15. The van der Waals surface area contributed by atoms with Crippen molar-refractivity contribution in [1.82, 2.24) is 74.8 Å². The molecule has 0 fully saturated rings. The fourth-order valence-corrected chi connectivity index (χ4v) is 9.91. The number of hydrogen-bond acceptors (Lipinski definition) is 40. The Bertz CT molecular complexity index is 4620. The quantitative estimate of drug-likeness (QED) is 0.0450. The number of ether oxygens (including phenoxy) is 10. The molecule has 0 atom stereocenters. The molecule has 5 aliphatic rings. The van der Waals surface area contributed by atoms with Crippen molar-refractivity contribution in [2.24, 2.45) is 0 Å². The fourth-order valence-electron chi connectivity index (χ4n) is 9.91. The van der Waals surface area contributed by atoms with Crippen LogP contribution in [0, 0.1) is 0 Å². The van der Waals surface area contributed by atoms with Crippen LogP contribution in [0.2, 0.25) is 0 Å². The SMILES string of the molecule is CN(C)c1nc(N)nc(NCc2ccc3c(c2)OCO3)n1.CN(C)c1nc(NCc2ccc3c(c2)OCO3)nc(N(C)C)n1.CN(CCc1ccc2c(c1)OCO2)c1nc(N)nc(N)n1.CNc1nc(NCc2ccc3c(c2)OCO3)nc(N(C)C)n1.Nc1nc(N)nc(NCCc2ccc3c(c2)OCO3)n1. The third-order valence-corrected chi connectivity index (χ3v) is 15.3. The molecule has 10 heterocycles. The number of nitrogens with zero attached hydrogens (tertiary/aromatic N) is 20. The van der Waals surface area contributed by atoms with Crippen molar-refractivity contribution >= 4 is 89.2 Å². The van der Waals surface area contributed by atoms with E-state index in [1.807, 2.05) is 174 Å². The summed E-state index contributed by atoms with van der Waals surface area (Å²) in [4.78, 5) is 71.2. The highest BCUT2D eigenvalue weighted by molar-refractivity contribution is 5.52. The molecular weight excluding hydrogens is 1380 g/mol. The summed E-state index contributed by atoms with van der Waals surface area (Å²) in [5.41, 5.74) is 33.2. The van der Waals surface area contributed by atoms with E-state index in [-0.39, 0.29) is 63.7 Å². The van der Waals surface area contributed by atoms with Gasteiger partial charge in [0.25, 0.3) is 0 Å². The van der Waals surface area contributed by atoms with Crippen molar-refractivity contribution in [3.63, 3.8) is 0 Å². The number of nitrogens with one attached hydrogen (secondary N) is 5. The highest BCUT2D eigenvalue weighted by Crippen LogP contribution is 2.37. The Morgan fingerprint density at radius 2 is 0.570 bits per heavy atom. The molecule has 0 bridgehead atoms. The zero-order valence-electron chi connectivity index (χ0n) is 60.6. The molecule has 0 saturated carbocycles. The Morgan fingerprint density at radius 1 is 0.290 bits per heavy atom. The molecule has 0 aliphatic carbocycles. The van der Waals surface area contributed by atoms with Gasteiger partial charge in [0.15, 0.2) is 57.5 Å². The number of aromatic nitrogens is 15. The maximum Gasteiger partial charge on any atom is 0.231 e. The highest BCUT2D eigenvalue weighted by Gasteiger charge is 2.20. The zero-order chi connectivity index (χ0) is 75.5. The molecule has 15 N–H and O–H groups in total. The van der Waals surface area contributed by atoms with Crippen LogP contribution in [0.5, 0.6) is 57.5 Å².